The van der Waals surface area contributed by atoms with Crippen LogP contribution in [0.25, 0.3) is 11.1 Å². The Hall–Kier alpha value is -3.84. The summed E-state index contributed by atoms with van der Waals surface area (Å²) in [6.45, 7) is 14.6. The van der Waals surface area contributed by atoms with Crippen molar-refractivity contribution in [3.8, 4) is 11.1 Å². The molecule has 0 bridgehead atoms. The maximum Gasteiger partial charge on any atom is 0.408 e. The third-order valence-electron chi connectivity index (χ3n) is 9.84. The first-order chi connectivity index (χ1) is 23.7. The Morgan fingerprint density at radius 3 is 2.08 bits per heavy atom. The molecule has 5 atom stereocenters. The highest BCUT2D eigenvalue weighted by Gasteiger charge is 2.62. The largest absolute Gasteiger partial charge is 0.444 e. The number of carbonyl (C=O) groups excluding carboxylic acids is 4. The summed E-state index contributed by atoms with van der Waals surface area (Å²) in [7, 11) is -3.88. The molecule has 0 aromatic heterocycles. The summed E-state index contributed by atoms with van der Waals surface area (Å²) in [6.07, 6.45) is 4.03. The lowest BCUT2D eigenvalue weighted by Crippen LogP contribution is -2.60. The molecular formula is C38H50N4O7S2. The van der Waals surface area contributed by atoms with E-state index in [1.807, 2.05) is 81.6 Å². The monoisotopic (exact) mass is 738 g/mol. The second kappa shape index (κ2) is 13.9. The van der Waals surface area contributed by atoms with Crippen molar-refractivity contribution in [2.75, 3.05) is 12.8 Å². The Kier molecular flexibility index (Phi) is 10.5. The van der Waals surface area contributed by atoms with Crippen LogP contribution in [0.5, 0.6) is 0 Å². The van der Waals surface area contributed by atoms with Gasteiger partial charge in [-0.1, -0.05) is 81.4 Å². The van der Waals surface area contributed by atoms with Crippen molar-refractivity contribution in [2.24, 2.45) is 11.3 Å². The van der Waals surface area contributed by atoms with Gasteiger partial charge in [0.15, 0.2) is 0 Å². The van der Waals surface area contributed by atoms with Gasteiger partial charge in [-0.15, -0.1) is 6.58 Å². The van der Waals surface area contributed by atoms with Gasteiger partial charge in [0.25, 0.3) is 5.91 Å². The maximum atomic E-state index is 14.7. The second-order valence-corrected chi connectivity index (χ2v) is 19.1. The normalized spacial score (nSPS) is 25.4. The average molecular weight is 739 g/mol. The molecule has 4 amide bonds. The fraction of sp³-hybridized carbons (Fsp3) is 0.526. The van der Waals surface area contributed by atoms with Gasteiger partial charge in [-0.05, 0) is 74.8 Å². The van der Waals surface area contributed by atoms with Crippen LogP contribution in [0.1, 0.15) is 72.8 Å². The predicted molar refractivity (Wildman–Crippen MR) is 199 cm³/mol. The van der Waals surface area contributed by atoms with Crippen LogP contribution in [0.3, 0.4) is 0 Å². The van der Waals surface area contributed by atoms with Gasteiger partial charge in [0.05, 0.1) is 10.00 Å². The summed E-state index contributed by atoms with van der Waals surface area (Å²) in [5.41, 5.74) is -0.121. The molecule has 1 saturated heterocycles. The number of benzene rings is 2. The minimum Gasteiger partial charge on any atom is -0.444 e. The zero-order valence-corrected chi connectivity index (χ0v) is 32.1. The highest BCUT2D eigenvalue weighted by molar-refractivity contribution is 7.99. The standard InChI is InChI=1S/C38H50N4O7S2/c1-9-26-21-38(26,33(45)41-51(47,48)28-19-20-28)40-31(43)29-22-37(50-8,27-17-15-25(16-18-27)24-13-11-10-12-14-24)23-42(29)32(44)30(35(2,3)4)39-34(46)49-36(5,6)7/h9-18,26,28-30H,1,19-23H2,2-8H3,(H,39,46)(H,40,43)(H,41,45)/t26-,29+,30-,37+,38-/m1/s1. The van der Waals surface area contributed by atoms with E-state index in [2.05, 4.69) is 21.9 Å². The van der Waals surface area contributed by atoms with Crippen LogP contribution >= 0.6 is 11.8 Å². The number of rotatable bonds is 11. The van der Waals surface area contributed by atoms with Crippen LogP contribution in [-0.4, -0.2) is 78.4 Å². The van der Waals surface area contributed by atoms with Crippen molar-refractivity contribution in [1.29, 1.82) is 0 Å². The molecular weight excluding hydrogens is 689 g/mol. The van der Waals surface area contributed by atoms with Gasteiger partial charge in [0, 0.05) is 12.5 Å². The molecule has 2 saturated carbocycles. The summed E-state index contributed by atoms with van der Waals surface area (Å²) in [6, 6.07) is 15.9. The first-order valence-corrected chi connectivity index (χ1v) is 20.0. The predicted octanol–water partition coefficient (Wildman–Crippen LogP) is 5.12. The molecule has 13 heteroatoms. The Morgan fingerprint density at radius 2 is 1.57 bits per heavy atom. The molecule has 2 aromatic carbocycles. The highest BCUT2D eigenvalue weighted by Crippen LogP contribution is 2.49. The number of amides is 4. The highest BCUT2D eigenvalue weighted by atomic mass is 32.2. The van der Waals surface area contributed by atoms with E-state index in [4.69, 9.17) is 4.74 Å². The number of nitrogens with zero attached hydrogens (tertiary/aromatic N) is 1. The fourth-order valence-corrected chi connectivity index (χ4v) is 9.00. The van der Waals surface area contributed by atoms with Gasteiger partial charge in [0.1, 0.15) is 23.2 Å². The van der Waals surface area contributed by atoms with Gasteiger partial charge in [0.2, 0.25) is 21.8 Å². The van der Waals surface area contributed by atoms with Crippen LogP contribution < -0.4 is 15.4 Å². The van der Waals surface area contributed by atoms with Crippen molar-refractivity contribution >= 4 is 45.6 Å². The van der Waals surface area contributed by atoms with Crippen molar-refractivity contribution in [3.63, 3.8) is 0 Å². The zero-order valence-electron chi connectivity index (χ0n) is 30.4. The summed E-state index contributed by atoms with van der Waals surface area (Å²) in [5.74, 6) is -2.37. The van der Waals surface area contributed by atoms with E-state index >= 15 is 0 Å². The molecule has 5 rings (SSSR count). The number of hydrogen-bond acceptors (Lipinski definition) is 8. The van der Waals surface area contributed by atoms with Crippen molar-refractivity contribution in [1.82, 2.24) is 20.3 Å². The number of ether oxygens (including phenoxy) is 1. The molecule has 0 radical (unpaired) electrons. The molecule has 3 aliphatic rings. The Balaban J connectivity index is 1.50. The van der Waals surface area contributed by atoms with Crippen LogP contribution in [0, 0.1) is 11.3 Å². The van der Waals surface area contributed by atoms with Crippen LogP contribution in [-0.2, 0) is 33.9 Å². The summed E-state index contributed by atoms with van der Waals surface area (Å²) < 4.78 is 32.4. The summed E-state index contributed by atoms with van der Waals surface area (Å²) in [5, 5.41) is 5.01. The first-order valence-electron chi connectivity index (χ1n) is 17.3. The number of alkyl carbamates (subject to hydrolysis) is 1. The molecule has 51 heavy (non-hydrogen) atoms. The molecule has 11 nitrogen and oxygen atoms in total. The van der Waals surface area contributed by atoms with Gasteiger partial charge >= 0.3 is 6.09 Å². The van der Waals surface area contributed by atoms with Gasteiger partial charge in [-0.3, -0.25) is 19.1 Å². The molecule has 276 valence electrons. The molecule has 1 heterocycles. The zero-order chi connectivity index (χ0) is 37.6. The molecule has 0 spiro atoms. The van der Waals surface area contributed by atoms with Crippen molar-refractivity contribution < 1.29 is 32.3 Å². The second-order valence-electron chi connectivity index (χ2n) is 16.0. The molecule has 3 N–H and O–H groups in total. The number of likely N-dealkylation sites (tertiary alicyclic amines) is 1. The quantitative estimate of drug-likeness (QED) is 0.269. The SMILES string of the molecule is C=C[C@@H]1C[C@]1(NC(=O)[C@@H]1C[C@@](SC)(c2ccc(-c3ccccc3)cc2)CN1C(=O)[C@@H](NC(=O)OC(C)(C)C)C(C)(C)C)C(=O)NS(=O)(=O)C1CC1. The summed E-state index contributed by atoms with van der Waals surface area (Å²) in [4.78, 5) is 57.2. The van der Waals surface area contributed by atoms with E-state index in [1.165, 1.54) is 22.7 Å². The molecule has 2 aliphatic carbocycles. The van der Waals surface area contributed by atoms with Gasteiger partial charge in [-0.2, -0.15) is 11.8 Å². The van der Waals surface area contributed by atoms with Crippen LogP contribution in [0.2, 0.25) is 0 Å². The van der Waals surface area contributed by atoms with E-state index in [0.717, 1.165) is 16.7 Å². The van der Waals surface area contributed by atoms with Gasteiger partial charge < -0.3 is 20.3 Å². The van der Waals surface area contributed by atoms with Crippen LogP contribution in [0.4, 0.5) is 4.79 Å². The van der Waals surface area contributed by atoms with E-state index in [9.17, 15) is 27.6 Å². The number of carbonyl (C=O) groups is 4. The third kappa shape index (κ3) is 8.30. The number of nitrogens with one attached hydrogen (secondary N) is 3. The van der Waals surface area contributed by atoms with E-state index in [1.54, 1.807) is 20.8 Å². The van der Waals surface area contributed by atoms with Gasteiger partial charge in [-0.25, -0.2) is 13.2 Å². The number of hydrogen-bond donors (Lipinski definition) is 3. The fourth-order valence-electron chi connectivity index (χ4n) is 6.67. The molecule has 3 fully saturated rings. The summed E-state index contributed by atoms with van der Waals surface area (Å²) >= 11 is 1.52. The third-order valence-corrected chi connectivity index (χ3v) is 13.0. The van der Waals surface area contributed by atoms with Crippen molar-refractivity contribution in [2.45, 2.75) is 100 Å². The van der Waals surface area contributed by atoms with E-state index in [-0.39, 0.29) is 19.4 Å². The lowest BCUT2D eigenvalue weighted by Gasteiger charge is -2.36. The maximum absolute atomic E-state index is 14.7. The van der Waals surface area contributed by atoms with Crippen LogP contribution in [0.15, 0.2) is 67.3 Å². The minimum atomic E-state index is -3.88. The Labute approximate surface area is 305 Å². The lowest BCUT2D eigenvalue weighted by molar-refractivity contribution is -0.143. The topological polar surface area (TPSA) is 151 Å². The molecule has 2 aromatic rings. The number of sulfonamides is 1. The molecule has 0 unspecified atom stereocenters. The smallest absolute Gasteiger partial charge is 0.408 e. The average Bonchev–Trinajstić information content (AvgIpc) is 3.99. The minimum absolute atomic E-state index is 0.137. The Morgan fingerprint density at radius 1 is 0.961 bits per heavy atom. The van der Waals surface area contributed by atoms with E-state index < -0.39 is 78.4 Å². The molecule has 1 aliphatic heterocycles. The van der Waals surface area contributed by atoms with E-state index in [0.29, 0.717) is 12.8 Å². The number of thioether (sulfide) groups is 1. The Bertz CT molecular complexity index is 1780. The first kappa shape index (κ1) is 38.4. The lowest BCUT2D eigenvalue weighted by atomic mass is 9.85. The van der Waals surface area contributed by atoms with Crippen molar-refractivity contribution in [3.05, 3.63) is 72.8 Å².